The van der Waals surface area contributed by atoms with Crippen molar-refractivity contribution in [2.24, 2.45) is 0 Å². The van der Waals surface area contributed by atoms with Gasteiger partial charge in [-0.1, -0.05) is 0 Å². The number of pyridine rings is 1. The van der Waals surface area contributed by atoms with E-state index in [1.54, 1.807) is 29.4 Å². The number of aromatic nitrogens is 2. The van der Waals surface area contributed by atoms with Crippen molar-refractivity contribution >= 4 is 11.8 Å². The van der Waals surface area contributed by atoms with E-state index in [1.165, 1.54) is 0 Å². The van der Waals surface area contributed by atoms with Crippen molar-refractivity contribution in [3.05, 3.63) is 54.1 Å². The van der Waals surface area contributed by atoms with Crippen LogP contribution in [0, 0.1) is 0 Å². The standard InChI is InChI=1S/C16H18N4O2/c21-15(11-13-1-4-18-12-13)19-7-9-20(10-8-19)16(22)14-2-5-17-6-3-14/h1-6,12,18H,7-11H2. The van der Waals surface area contributed by atoms with E-state index in [2.05, 4.69) is 9.97 Å². The van der Waals surface area contributed by atoms with Gasteiger partial charge < -0.3 is 14.8 Å². The highest BCUT2D eigenvalue weighted by Gasteiger charge is 2.24. The summed E-state index contributed by atoms with van der Waals surface area (Å²) in [6.07, 6.45) is 7.28. The molecule has 0 radical (unpaired) electrons. The highest BCUT2D eigenvalue weighted by Crippen LogP contribution is 2.10. The van der Waals surface area contributed by atoms with Crippen molar-refractivity contribution in [2.45, 2.75) is 6.42 Å². The second-order valence-corrected chi connectivity index (χ2v) is 5.30. The summed E-state index contributed by atoms with van der Waals surface area (Å²) in [7, 11) is 0. The van der Waals surface area contributed by atoms with E-state index in [4.69, 9.17) is 0 Å². The lowest BCUT2D eigenvalue weighted by Crippen LogP contribution is -2.51. The molecule has 0 bridgehead atoms. The third-order valence-electron chi connectivity index (χ3n) is 3.86. The molecular weight excluding hydrogens is 280 g/mol. The van der Waals surface area contributed by atoms with Gasteiger partial charge in [0.25, 0.3) is 5.91 Å². The predicted molar refractivity (Wildman–Crippen MR) is 81.2 cm³/mol. The van der Waals surface area contributed by atoms with E-state index in [0.717, 1.165) is 5.56 Å². The second kappa shape index (κ2) is 6.43. The number of H-pyrrole nitrogens is 1. The fraction of sp³-hybridized carbons (Fsp3) is 0.312. The molecule has 3 heterocycles. The van der Waals surface area contributed by atoms with Gasteiger partial charge in [0, 0.05) is 56.5 Å². The largest absolute Gasteiger partial charge is 0.367 e. The first-order chi connectivity index (χ1) is 10.7. The maximum atomic E-state index is 12.3. The first-order valence-electron chi connectivity index (χ1n) is 7.33. The summed E-state index contributed by atoms with van der Waals surface area (Å²) in [6, 6.07) is 5.33. The Hall–Kier alpha value is -2.63. The van der Waals surface area contributed by atoms with Crippen LogP contribution in [0.2, 0.25) is 0 Å². The quantitative estimate of drug-likeness (QED) is 0.917. The molecule has 0 spiro atoms. The van der Waals surface area contributed by atoms with Crippen LogP contribution in [-0.2, 0) is 11.2 Å². The molecule has 114 valence electrons. The van der Waals surface area contributed by atoms with Gasteiger partial charge in [0.2, 0.25) is 5.91 Å². The Bertz CT molecular complexity index is 631. The average molecular weight is 298 g/mol. The molecule has 0 aromatic carbocycles. The van der Waals surface area contributed by atoms with Crippen LogP contribution in [0.1, 0.15) is 15.9 Å². The van der Waals surface area contributed by atoms with Crippen molar-refractivity contribution in [1.82, 2.24) is 19.8 Å². The molecule has 2 amide bonds. The lowest BCUT2D eigenvalue weighted by atomic mass is 10.2. The maximum absolute atomic E-state index is 12.3. The summed E-state index contributed by atoms with van der Waals surface area (Å²) in [5.41, 5.74) is 1.63. The van der Waals surface area contributed by atoms with Crippen LogP contribution in [0.3, 0.4) is 0 Å². The van der Waals surface area contributed by atoms with Gasteiger partial charge in [0.1, 0.15) is 0 Å². The fourth-order valence-corrected chi connectivity index (χ4v) is 2.59. The smallest absolute Gasteiger partial charge is 0.254 e. The summed E-state index contributed by atoms with van der Waals surface area (Å²) in [6.45, 7) is 2.31. The summed E-state index contributed by atoms with van der Waals surface area (Å²) in [4.78, 5) is 35.0. The van der Waals surface area contributed by atoms with Gasteiger partial charge >= 0.3 is 0 Å². The van der Waals surface area contributed by atoms with Gasteiger partial charge in [-0.15, -0.1) is 0 Å². The molecule has 1 fully saturated rings. The van der Waals surface area contributed by atoms with E-state index < -0.39 is 0 Å². The van der Waals surface area contributed by atoms with Gasteiger partial charge in [0.15, 0.2) is 0 Å². The molecular formula is C16H18N4O2. The Morgan fingerprint density at radius 1 is 1.05 bits per heavy atom. The normalized spacial score (nSPS) is 14.9. The van der Waals surface area contributed by atoms with Gasteiger partial charge in [-0.2, -0.15) is 0 Å². The summed E-state index contributed by atoms with van der Waals surface area (Å²) in [5.74, 6) is 0.107. The van der Waals surface area contributed by atoms with Crippen molar-refractivity contribution in [3.63, 3.8) is 0 Å². The number of amides is 2. The molecule has 22 heavy (non-hydrogen) atoms. The number of aromatic amines is 1. The Morgan fingerprint density at radius 2 is 1.73 bits per heavy atom. The molecule has 1 aliphatic rings. The second-order valence-electron chi connectivity index (χ2n) is 5.30. The highest BCUT2D eigenvalue weighted by molar-refractivity contribution is 5.94. The number of nitrogens with one attached hydrogen (secondary N) is 1. The van der Waals surface area contributed by atoms with Crippen molar-refractivity contribution in [1.29, 1.82) is 0 Å². The van der Waals surface area contributed by atoms with E-state index in [9.17, 15) is 9.59 Å². The van der Waals surface area contributed by atoms with E-state index in [0.29, 0.717) is 38.2 Å². The minimum absolute atomic E-state index is 0.000124. The molecule has 1 N–H and O–H groups in total. The van der Waals surface area contributed by atoms with Crippen LogP contribution in [0.15, 0.2) is 43.0 Å². The SMILES string of the molecule is O=C(Cc1cc[nH]c1)N1CCN(C(=O)c2ccncc2)CC1. The topological polar surface area (TPSA) is 69.3 Å². The monoisotopic (exact) mass is 298 g/mol. The summed E-state index contributed by atoms with van der Waals surface area (Å²) < 4.78 is 0. The Morgan fingerprint density at radius 3 is 2.36 bits per heavy atom. The van der Waals surface area contributed by atoms with Crippen LogP contribution < -0.4 is 0 Å². The molecule has 1 aliphatic heterocycles. The number of rotatable bonds is 3. The number of carbonyl (C=O) groups excluding carboxylic acids is 2. The molecule has 0 saturated carbocycles. The molecule has 2 aromatic heterocycles. The summed E-state index contributed by atoms with van der Waals surface area (Å²) in [5, 5.41) is 0. The van der Waals surface area contributed by atoms with Crippen LogP contribution in [0.25, 0.3) is 0 Å². The minimum Gasteiger partial charge on any atom is -0.367 e. The van der Waals surface area contributed by atoms with Crippen molar-refractivity contribution in [3.8, 4) is 0 Å². The molecule has 6 heteroatoms. The number of hydrogen-bond donors (Lipinski definition) is 1. The molecule has 0 unspecified atom stereocenters. The van der Waals surface area contributed by atoms with E-state index in [1.807, 2.05) is 23.4 Å². The minimum atomic E-state index is 0.000124. The van der Waals surface area contributed by atoms with Gasteiger partial charge in [-0.25, -0.2) is 0 Å². The molecule has 0 atom stereocenters. The van der Waals surface area contributed by atoms with Crippen LogP contribution in [0.5, 0.6) is 0 Å². The van der Waals surface area contributed by atoms with Gasteiger partial charge in [-0.05, 0) is 23.8 Å². The molecule has 3 rings (SSSR count). The van der Waals surface area contributed by atoms with Crippen molar-refractivity contribution in [2.75, 3.05) is 26.2 Å². The van der Waals surface area contributed by atoms with Crippen LogP contribution in [0.4, 0.5) is 0 Å². The maximum Gasteiger partial charge on any atom is 0.254 e. The number of carbonyl (C=O) groups is 2. The van der Waals surface area contributed by atoms with E-state index in [-0.39, 0.29) is 11.8 Å². The third kappa shape index (κ3) is 3.16. The number of hydrogen-bond acceptors (Lipinski definition) is 3. The molecule has 0 aliphatic carbocycles. The zero-order valence-corrected chi connectivity index (χ0v) is 12.2. The Kier molecular flexibility index (Phi) is 4.18. The molecule has 2 aromatic rings. The van der Waals surface area contributed by atoms with E-state index >= 15 is 0 Å². The third-order valence-corrected chi connectivity index (χ3v) is 3.86. The van der Waals surface area contributed by atoms with Crippen LogP contribution >= 0.6 is 0 Å². The predicted octanol–water partition coefficient (Wildman–Crippen LogP) is 0.937. The van der Waals surface area contributed by atoms with Crippen molar-refractivity contribution < 1.29 is 9.59 Å². The Labute approximate surface area is 128 Å². The van der Waals surface area contributed by atoms with Crippen LogP contribution in [-0.4, -0.2) is 57.8 Å². The lowest BCUT2D eigenvalue weighted by Gasteiger charge is -2.34. The zero-order valence-electron chi connectivity index (χ0n) is 12.2. The van der Waals surface area contributed by atoms with Gasteiger partial charge in [0.05, 0.1) is 6.42 Å². The van der Waals surface area contributed by atoms with Gasteiger partial charge in [-0.3, -0.25) is 14.6 Å². The number of piperazine rings is 1. The zero-order chi connectivity index (χ0) is 15.4. The lowest BCUT2D eigenvalue weighted by molar-refractivity contribution is -0.131. The Balaban J connectivity index is 1.54. The fourth-order valence-electron chi connectivity index (χ4n) is 2.59. The average Bonchev–Trinajstić information content (AvgIpc) is 3.08. The number of nitrogens with zero attached hydrogens (tertiary/aromatic N) is 3. The molecule has 1 saturated heterocycles. The summed E-state index contributed by atoms with van der Waals surface area (Å²) >= 11 is 0. The first kappa shape index (κ1) is 14.3. The molecule has 6 nitrogen and oxygen atoms in total. The first-order valence-corrected chi connectivity index (χ1v) is 7.33. The highest BCUT2D eigenvalue weighted by atomic mass is 16.2.